The summed E-state index contributed by atoms with van der Waals surface area (Å²) in [5.74, 6) is -0.796. The first-order valence-electron chi connectivity index (χ1n) is 10.1. The molecule has 6 heteroatoms. The predicted molar refractivity (Wildman–Crippen MR) is 105 cm³/mol. The molecular weight excluding hydrogens is 342 g/mol. The Bertz CT molecular complexity index is 637. The van der Waals surface area contributed by atoms with Crippen LogP contribution in [-0.4, -0.2) is 52.7 Å². The van der Waals surface area contributed by atoms with Gasteiger partial charge in [-0.25, -0.2) is 4.79 Å². The highest BCUT2D eigenvalue weighted by atomic mass is 16.4. The van der Waals surface area contributed by atoms with Crippen LogP contribution in [-0.2, 0) is 11.2 Å². The molecule has 0 atom stereocenters. The minimum Gasteiger partial charge on any atom is -0.480 e. The van der Waals surface area contributed by atoms with Crippen LogP contribution in [0.15, 0.2) is 30.3 Å². The Balaban J connectivity index is 1.49. The van der Waals surface area contributed by atoms with Gasteiger partial charge in [-0.3, -0.25) is 9.69 Å². The molecule has 6 nitrogen and oxygen atoms in total. The Morgan fingerprint density at radius 3 is 2.44 bits per heavy atom. The molecular formula is C21H31N3O3. The number of benzene rings is 1. The highest BCUT2D eigenvalue weighted by Gasteiger charge is 2.38. The molecule has 0 heterocycles. The standard InChI is InChI=1S/C21H31N3O3/c1-2-24(15-19(25)26)18-12-17(13-18)22-20(27)23-21(10-6-7-11-21)14-16-8-4-3-5-9-16/h3-5,8-9,17-18H,2,6-7,10-15H2,1H3,(H,25,26)(H2,22,23,27). The molecule has 2 aliphatic carbocycles. The Labute approximate surface area is 161 Å². The van der Waals surface area contributed by atoms with Gasteiger partial charge in [0, 0.05) is 17.6 Å². The molecule has 0 unspecified atom stereocenters. The van der Waals surface area contributed by atoms with Crippen molar-refractivity contribution < 1.29 is 14.7 Å². The van der Waals surface area contributed by atoms with Gasteiger partial charge in [0.2, 0.25) is 0 Å². The lowest BCUT2D eigenvalue weighted by Gasteiger charge is -2.42. The van der Waals surface area contributed by atoms with E-state index in [1.54, 1.807) is 0 Å². The number of carboxylic acids is 1. The van der Waals surface area contributed by atoms with E-state index < -0.39 is 5.97 Å². The van der Waals surface area contributed by atoms with Crippen LogP contribution in [0.3, 0.4) is 0 Å². The molecule has 27 heavy (non-hydrogen) atoms. The van der Waals surface area contributed by atoms with Crippen LogP contribution in [0.5, 0.6) is 0 Å². The Kier molecular flexibility index (Phi) is 6.37. The highest BCUT2D eigenvalue weighted by Crippen LogP contribution is 2.33. The average Bonchev–Trinajstić information content (AvgIpc) is 3.04. The van der Waals surface area contributed by atoms with Gasteiger partial charge in [0.05, 0.1) is 6.54 Å². The van der Waals surface area contributed by atoms with E-state index >= 15 is 0 Å². The lowest BCUT2D eigenvalue weighted by atomic mass is 9.85. The van der Waals surface area contributed by atoms with Crippen LogP contribution in [0.2, 0.25) is 0 Å². The van der Waals surface area contributed by atoms with E-state index in [4.69, 9.17) is 5.11 Å². The van der Waals surface area contributed by atoms with Crippen LogP contribution in [0.4, 0.5) is 4.79 Å². The van der Waals surface area contributed by atoms with E-state index in [0.29, 0.717) is 0 Å². The minimum absolute atomic E-state index is 0.0697. The number of rotatable bonds is 8. The summed E-state index contributed by atoms with van der Waals surface area (Å²) in [6.07, 6.45) is 6.85. The fourth-order valence-electron chi connectivity index (χ4n) is 4.52. The largest absolute Gasteiger partial charge is 0.480 e. The normalized spacial score (nSPS) is 23.6. The number of hydrogen-bond acceptors (Lipinski definition) is 3. The second-order valence-corrected chi connectivity index (χ2v) is 8.03. The van der Waals surface area contributed by atoms with Gasteiger partial charge in [0.15, 0.2) is 0 Å². The monoisotopic (exact) mass is 373 g/mol. The molecule has 1 aromatic rings. The van der Waals surface area contributed by atoms with Crippen molar-refractivity contribution >= 4 is 12.0 Å². The topological polar surface area (TPSA) is 81.7 Å². The molecule has 2 amide bonds. The van der Waals surface area contributed by atoms with Crippen LogP contribution >= 0.6 is 0 Å². The molecule has 0 bridgehead atoms. The molecule has 0 radical (unpaired) electrons. The molecule has 2 saturated carbocycles. The number of urea groups is 1. The fraction of sp³-hybridized carbons (Fsp3) is 0.619. The zero-order chi connectivity index (χ0) is 19.3. The van der Waals surface area contributed by atoms with Gasteiger partial charge in [-0.2, -0.15) is 0 Å². The summed E-state index contributed by atoms with van der Waals surface area (Å²) < 4.78 is 0. The van der Waals surface area contributed by atoms with Crippen molar-refractivity contribution in [3.05, 3.63) is 35.9 Å². The van der Waals surface area contributed by atoms with Crippen molar-refractivity contribution in [2.45, 2.75) is 69.5 Å². The van der Waals surface area contributed by atoms with Crippen LogP contribution in [0.25, 0.3) is 0 Å². The van der Waals surface area contributed by atoms with Crippen molar-refractivity contribution in [1.82, 2.24) is 15.5 Å². The summed E-state index contributed by atoms with van der Waals surface area (Å²) >= 11 is 0. The molecule has 3 N–H and O–H groups in total. The van der Waals surface area contributed by atoms with Crippen LogP contribution in [0.1, 0.15) is 51.0 Å². The Hall–Kier alpha value is -2.08. The number of amides is 2. The molecule has 0 aliphatic heterocycles. The lowest BCUT2D eigenvalue weighted by molar-refractivity contribution is -0.139. The Morgan fingerprint density at radius 2 is 1.85 bits per heavy atom. The third-order valence-electron chi connectivity index (χ3n) is 6.03. The van der Waals surface area contributed by atoms with Gasteiger partial charge in [0.25, 0.3) is 0 Å². The van der Waals surface area contributed by atoms with Crippen LogP contribution < -0.4 is 10.6 Å². The molecule has 2 aliphatic rings. The maximum Gasteiger partial charge on any atom is 0.317 e. The smallest absolute Gasteiger partial charge is 0.317 e. The van der Waals surface area contributed by atoms with Gasteiger partial charge in [-0.05, 0) is 44.2 Å². The second kappa shape index (κ2) is 8.74. The van der Waals surface area contributed by atoms with Crippen LogP contribution in [0, 0.1) is 0 Å². The quantitative estimate of drug-likeness (QED) is 0.654. The maximum atomic E-state index is 12.6. The zero-order valence-electron chi connectivity index (χ0n) is 16.1. The first kappa shape index (κ1) is 19.7. The summed E-state index contributed by atoms with van der Waals surface area (Å²) in [4.78, 5) is 25.5. The minimum atomic E-state index is -0.796. The first-order valence-corrected chi connectivity index (χ1v) is 10.1. The molecule has 0 spiro atoms. The van der Waals surface area contributed by atoms with Crippen molar-refractivity contribution in [3.8, 4) is 0 Å². The van der Waals surface area contributed by atoms with Gasteiger partial charge in [-0.1, -0.05) is 50.1 Å². The van der Waals surface area contributed by atoms with E-state index in [2.05, 4.69) is 22.8 Å². The molecule has 3 rings (SSSR count). The van der Waals surface area contributed by atoms with Crippen molar-refractivity contribution in [2.75, 3.05) is 13.1 Å². The van der Waals surface area contributed by atoms with Crippen molar-refractivity contribution in [2.24, 2.45) is 0 Å². The van der Waals surface area contributed by atoms with Gasteiger partial charge < -0.3 is 15.7 Å². The average molecular weight is 373 g/mol. The number of carbonyl (C=O) groups excluding carboxylic acids is 1. The fourth-order valence-corrected chi connectivity index (χ4v) is 4.52. The number of aliphatic carboxylic acids is 1. The first-order chi connectivity index (χ1) is 13.0. The second-order valence-electron chi connectivity index (χ2n) is 8.03. The summed E-state index contributed by atoms with van der Waals surface area (Å²) in [6, 6.07) is 10.6. The SMILES string of the molecule is CCN(CC(=O)O)C1CC(NC(=O)NC2(Cc3ccccc3)CCCC2)C1. The third-order valence-corrected chi connectivity index (χ3v) is 6.03. The van der Waals surface area contributed by atoms with Crippen molar-refractivity contribution in [1.29, 1.82) is 0 Å². The Morgan fingerprint density at radius 1 is 1.19 bits per heavy atom. The number of carboxylic acid groups (broad SMARTS) is 1. The predicted octanol–water partition coefficient (Wildman–Crippen LogP) is 2.78. The van der Waals surface area contributed by atoms with Gasteiger partial charge in [0.1, 0.15) is 0 Å². The molecule has 1 aromatic carbocycles. The number of hydrogen-bond donors (Lipinski definition) is 3. The van der Waals surface area contributed by atoms with Gasteiger partial charge >= 0.3 is 12.0 Å². The summed E-state index contributed by atoms with van der Waals surface area (Å²) in [7, 11) is 0. The number of nitrogens with zero attached hydrogens (tertiary/aromatic N) is 1. The number of carbonyl (C=O) groups is 2. The van der Waals surface area contributed by atoms with E-state index in [9.17, 15) is 9.59 Å². The zero-order valence-corrected chi connectivity index (χ0v) is 16.1. The van der Waals surface area contributed by atoms with E-state index in [1.807, 2.05) is 30.0 Å². The van der Waals surface area contributed by atoms with E-state index in [-0.39, 0.29) is 30.2 Å². The highest BCUT2D eigenvalue weighted by molar-refractivity contribution is 5.75. The molecule has 2 fully saturated rings. The molecule has 0 aromatic heterocycles. The lowest BCUT2D eigenvalue weighted by Crippen LogP contribution is -2.59. The number of likely N-dealkylation sites (N-methyl/N-ethyl adjacent to an activating group) is 1. The summed E-state index contributed by atoms with van der Waals surface area (Å²) in [5.41, 5.74) is 1.11. The maximum absolute atomic E-state index is 12.6. The summed E-state index contributed by atoms with van der Waals surface area (Å²) in [6.45, 7) is 2.76. The summed E-state index contributed by atoms with van der Waals surface area (Å²) in [5, 5.41) is 15.3. The van der Waals surface area contributed by atoms with Gasteiger partial charge in [-0.15, -0.1) is 0 Å². The molecule has 148 valence electrons. The van der Waals surface area contributed by atoms with E-state index in [0.717, 1.165) is 51.5 Å². The van der Waals surface area contributed by atoms with E-state index in [1.165, 1.54) is 5.56 Å². The number of nitrogens with one attached hydrogen (secondary N) is 2. The molecule has 0 saturated heterocycles. The van der Waals surface area contributed by atoms with Crippen molar-refractivity contribution in [3.63, 3.8) is 0 Å². The third kappa shape index (κ3) is 5.22.